The molecule has 1 unspecified atom stereocenters. The van der Waals surface area contributed by atoms with Crippen LogP contribution in [-0.2, 0) is 0 Å². The van der Waals surface area contributed by atoms with Crippen LogP contribution in [0.4, 0.5) is 0 Å². The molecule has 2 aromatic carbocycles. The molecule has 0 aliphatic rings. The maximum Gasteiger partial charge on any atom is 0.334 e. The van der Waals surface area contributed by atoms with Crippen LogP contribution in [0.5, 0.6) is 17.4 Å². The third-order valence-electron chi connectivity index (χ3n) is 5.63. The number of methoxy groups -OCH3 is 3. The van der Waals surface area contributed by atoms with Crippen molar-refractivity contribution in [1.82, 2.24) is 19.9 Å². The summed E-state index contributed by atoms with van der Waals surface area (Å²) < 4.78 is 16.6. The molecule has 36 heavy (non-hydrogen) atoms. The average molecular weight is 511 g/mol. The van der Waals surface area contributed by atoms with E-state index in [1.54, 1.807) is 12.1 Å². The molecule has 0 spiro atoms. The van der Waals surface area contributed by atoms with Crippen molar-refractivity contribution >= 4 is 28.4 Å². The molecule has 0 bridgehead atoms. The van der Waals surface area contributed by atoms with Crippen molar-refractivity contribution < 1.29 is 19.0 Å². The highest BCUT2D eigenvalue weighted by molar-refractivity contribution is 6.30. The molecule has 0 aliphatic heterocycles. The fourth-order valence-electron chi connectivity index (χ4n) is 3.75. The topological polar surface area (TPSA) is 125 Å². The number of nitrogens with one attached hydrogen (secondary N) is 2. The Morgan fingerprint density at radius 3 is 2.33 bits per heavy atom. The minimum atomic E-state index is -0.738. The normalized spacial score (nSPS) is 11.7. The second-order valence-electron chi connectivity index (χ2n) is 7.80. The van der Waals surface area contributed by atoms with E-state index in [2.05, 4.69) is 15.3 Å². The third kappa shape index (κ3) is 4.63. The highest BCUT2D eigenvalue weighted by Gasteiger charge is 2.20. The summed E-state index contributed by atoms with van der Waals surface area (Å²) in [5.74, 6) is 0.220. The number of H-pyrrole nitrogens is 1. The van der Waals surface area contributed by atoms with Gasteiger partial charge in [0.1, 0.15) is 11.6 Å². The van der Waals surface area contributed by atoms with Crippen molar-refractivity contribution in [2.75, 3.05) is 21.3 Å². The van der Waals surface area contributed by atoms with Crippen LogP contribution in [0.25, 0.3) is 16.7 Å². The summed E-state index contributed by atoms with van der Waals surface area (Å²) in [5, 5.41) is 3.61. The molecule has 2 heterocycles. The number of carbonyl (C=O) groups is 1. The predicted octanol–water partition coefficient (Wildman–Crippen LogP) is 3.24. The van der Waals surface area contributed by atoms with E-state index in [0.717, 1.165) is 10.1 Å². The predicted molar refractivity (Wildman–Crippen MR) is 135 cm³/mol. The molecule has 186 valence electrons. The Balaban J connectivity index is 1.77. The van der Waals surface area contributed by atoms with E-state index in [4.69, 9.17) is 25.8 Å². The Hall–Kier alpha value is -4.31. The highest BCUT2D eigenvalue weighted by Crippen LogP contribution is 2.26. The first kappa shape index (κ1) is 24.8. The quantitative estimate of drug-likeness (QED) is 0.391. The lowest BCUT2D eigenvalue weighted by molar-refractivity contribution is 0.0937. The Morgan fingerprint density at radius 1 is 1.00 bits per heavy atom. The maximum atomic E-state index is 13.3. The molecule has 2 N–H and O–H groups in total. The van der Waals surface area contributed by atoms with E-state index in [1.807, 2.05) is 19.1 Å². The van der Waals surface area contributed by atoms with Crippen LogP contribution in [0.1, 0.15) is 28.9 Å². The van der Waals surface area contributed by atoms with Crippen molar-refractivity contribution in [2.45, 2.75) is 13.0 Å². The zero-order chi connectivity index (χ0) is 26.0. The van der Waals surface area contributed by atoms with Crippen molar-refractivity contribution in [1.29, 1.82) is 0 Å². The van der Waals surface area contributed by atoms with E-state index in [9.17, 15) is 14.4 Å². The van der Waals surface area contributed by atoms with Crippen molar-refractivity contribution in [3.63, 3.8) is 0 Å². The van der Waals surface area contributed by atoms with Gasteiger partial charge in [-0.1, -0.05) is 23.7 Å². The zero-order valence-corrected chi connectivity index (χ0v) is 20.7. The molecule has 0 radical (unpaired) electrons. The van der Waals surface area contributed by atoms with E-state index in [1.165, 1.54) is 45.6 Å². The SMILES string of the molecule is COc1cc2c(=O)n(-c3ccc(OC)c(OC)n3)c(=O)[nH]c2cc1C(=O)NC(C)c1ccc(Cl)cc1. The van der Waals surface area contributed by atoms with Crippen LogP contribution < -0.4 is 30.8 Å². The first-order valence-corrected chi connectivity index (χ1v) is 11.2. The van der Waals surface area contributed by atoms with Crippen molar-refractivity contribution in [3.8, 4) is 23.2 Å². The minimum Gasteiger partial charge on any atom is -0.496 e. The van der Waals surface area contributed by atoms with E-state index in [0.29, 0.717) is 10.8 Å². The number of carbonyl (C=O) groups excluding carboxylic acids is 1. The fourth-order valence-corrected chi connectivity index (χ4v) is 3.88. The number of benzene rings is 2. The van der Waals surface area contributed by atoms with Crippen LogP contribution in [-0.4, -0.2) is 41.8 Å². The molecule has 4 aromatic rings. The highest BCUT2D eigenvalue weighted by atomic mass is 35.5. The van der Waals surface area contributed by atoms with Crippen LogP contribution >= 0.6 is 11.6 Å². The second kappa shape index (κ2) is 10.1. The molecule has 1 amide bonds. The molecule has 0 fully saturated rings. The summed E-state index contributed by atoms with van der Waals surface area (Å²) in [7, 11) is 4.23. The van der Waals surface area contributed by atoms with Crippen LogP contribution in [0.2, 0.25) is 5.02 Å². The van der Waals surface area contributed by atoms with Gasteiger partial charge in [-0.15, -0.1) is 0 Å². The first-order valence-electron chi connectivity index (χ1n) is 10.8. The molecule has 11 heteroatoms. The second-order valence-corrected chi connectivity index (χ2v) is 8.23. The number of nitrogens with zero attached hydrogens (tertiary/aromatic N) is 2. The number of hydrogen-bond acceptors (Lipinski definition) is 7. The number of ether oxygens (including phenoxy) is 3. The number of aromatic amines is 1. The Kier molecular flexibility index (Phi) is 6.98. The summed E-state index contributed by atoms with van der Waals surface area (Å²) >= 11 is 5.94. The maximum absolute atomic E-state index is 13.3. The van der Waals surface area contributed by atoms with Gasteiger partial charge in [-0.25, -0.2) is 9.36 Å². The van der Waals surface area contributed by atoms with Gasteiger partial charge in [0.15, 0.2) is 5.75 Å². The standard InChI is InChI=1S/C25H23ClN4O6/c1-13(14-5-7-15(26)8-6-14)27-22(31)17-11-18-16(12-20(17)35-3)24(32)30(25(33)28-18)21-10-9-19(34-2)23(29-21)36-4/h5-13H,1-4H3,(H,27,31)(H,28,33). The van der Waals surface area contributed by atoms with Gasteiger partial charge in [-0.3, -0.25) is 9.59 Å². The summed E-state index contributed by atoms with van der Waals surface area (Å²) in [6, 6.07) is 12.6. The smallest absolute Gasteiger partial charge is 0.334 e. The first-order chi connectivity index (χ1) is 17.3. The molecule has 0 saturated carbocycles. The van der Waals surface area contributed by atoms with Crippen LogP contribution in [0.3, 0.4) is 0 Å². The zero-order valence-electron chi connectivity index (χ0n) is 19.9. The Bertz CT molecular complexity index is 1560. The number of aromatic nitrogens is 3. The fraction of sp³-hybridized carbons (Fsp3) is 0.200. The Labute approximate surface area is 210 Å². The lowest BCUT2D eigenvalue weighted by Gasteiger charge is -2.16. The lowest BCUT2D eigenvalue weighted by Crippen LogP contribution is -2.34. The van der Waals surface area contributed by atoms with E-state index in [-0.39, 0.29) is 40.0 Å². The van der Waals surface area contributed by atoms with Gasteiger partial charge >= 0.3 is 5.69 Å². The van der Waals surface area contributed by atoms with E-state index < -0.39 is 17.2 Å². The van der Waals surface area contributed by atoms with Gasteiger partial charge in [0.05, 0.1) is 43.8 Å². The van der Waals surface area contributed by atoms with Gasteiger partial charge in [-0.2, -0.15) is 4.98 Å². The summed E-state index contributed by atoms with van der Waals surface area (Å²) in [4.78, 5) is 46.1. The molecule has 4 rings (SSSR count). The number of fused-ring (bicyclic) bond motifs is 1. The molecule has 1 atom stereocenters. The third-order valence-corrected chi connectivity index (χ3v) is 5.89. The molecule has 0 aliphatic carbocycles. The van der Waals surface area contributed by atoms with Gasteiger partial charge in [0.25, 0.3) is 17.3 Å². The van der Waals surface area contributed by atoms with Crippen LogP contribution in [0, 0.1) is 0 Å². The monoisotopic (exact) mass is 510 g/mol. The lowest BCUT2D eigenvalue weighted by atomic mass is 10.1. The average Bonchev–Trinajstić information content (AvgIpc) is 2.88. The largest absolute Gasteiger partial charge is 0.496 e. The van der Waals surface area contributed by atoms with Gasteiger partial charge in [0.2, 0.25) is 0 Å². The van der Waals surface area contributed by atoms with Crippen molar-refractivity contribution in [3.05, 3.63) is 85.5 Å². The van der Waals surface area contributed by atoms with Crippen LogP contribution in [0.15, 0.2) is 58.1 Å². The number of pyridine rings is 1. The summed E-state index contributed by atoms with van der Waals surface area (Å²) in [6.07, 6.45) is 0. The summed E-state index contributed by atoms with van der Waals surface area (Å²) in [5.41, 5.74) is -0.201. The molecule has 2 aromatic heterocycles. The molecular weight excluding hydrogens is 488 g/mol. The number of halogens is 1. The van der Waals surface area contributed by atoms with Gasteiger partial charge in [-0.05, 0) is 48.9 Å². The molecule has 10 nitrogen and oxygen atoms in total. The van der Waals surface area contributed by atoms with Gasteiger partial charge in [0, 0.05) is 5.02 Å². The minimum absolute atomic E-state index is 0.0402. The van der Waals surface area contributed by atoms with Crippen molar-refractivity contribution in [2.24, 2.45) is 0 Å². The number of rotatable bonds is 7. The van der Waals surface area contributed by atoms with Gasteiger partial charge < -0.3 is 24.5 Å². The molecule has 0 saturated heterocycles. The van der Waals surface area contributed by atoms with E-state index >= 15 is 0 Å². The number of hydrogen-bond donors (Lipinski definition) is 2. The Morgan fingerprint density at radius 2 is 1.69 bits per heavy atom. The number of amides is 1. The molecular formula is C25H23ClN4O6. The summed E-state index contributed by atoms with van der Waals surface area (Å²) in [6.45, 7) is 1.82.